The molecule has 0 N–H and O–H groups in total. The zero-order chi connectivity index (χ0) is 22.4. The molecule has 2 heterocycles. The lowest BCUT2D eigenvalue weighted by Crippen LogP contribution is -2.47. The molecule has 1 aliphatic rings. The number of ether oxygens (including phenoxy) is 1. The first-order valence-electron chi connectivity index (χ1n) is 11.1. The van der Waals surface area contributed by atoms with Crippen LogP contribution in [0.3, 0.4) is 0 Å². The van der Waals surface area contributed by atoms with Gasteiger partial charge in [0, 0.05) is 66.6 Å². The minimum atomic E-state index is 0.0140. The van der Waals surface area contributed by atoms with Crippen LogP contribution in [0.4, 0.5) is 0 Å². The van der Waals surface area contributed by atoms with Crippen LogP contribution in [0.5, 0.6) is 5.75 Å². The van der Waals surface area contributed by atoms with Crippen LogP contribution in [0.2, 0.25) is 0 Å². The van der Waals surface area contributed by atoms with Crippen molar-refractivity contribution in [2.75, 3.05) is 33.0 Å². The molecule has 0 aliphatic carbocycles. The summed E-state index contributed by atoms with van der Waals surface area (Å²) in [6, 6.07) is 10.6. The van der Waals surface area contributed by atoms with Gasteiger partial charge in [0.15, 0.2) is 0 Å². The molecule has 0 saturated carbocycles. The Morgan fingerprint density at radius 1 is 1.26 bits per heavy atom. The van der Waals surface area contributed by atoms with E-state index in [0.717, 1.165) is 60.8 Å². The van der Waals surface area contributed by atoms with Gasteiger partial charge in [0.1, 0.15) is 5.75 Å². The number of piperidine rings is 1. The summed E-state index contributed by atoms with van der Waals surface area (Å²) < 4.78 is 5.55. The molecular formula is C25H35N3O2S. The van der Waals surface area contributed by atoms with Crippen LogP contribution < -0.4 is 4.74 Å². The fourth-order valence-corrected chi connectivity index (χ4v) is 5.18. The van der Waals surface area contributed by atoms with E-state index in [4.69, 9.17) is 4.74 Å². The fraction of sp³-hybridized carbons (Fsp3) is 0.520. The number of likely N-dealkylation sites (tertiary alicyclic amines) is 1. The molecule has 1 fully saturated rings. The van der Waals surface area contributed by atoms with Crippen molar-refractivity contribution in [3.63, 3.8) is 0 Å². The zero-order valence-corrected chi connectivity index (χ0v) is 20.2. The molecule has 5 nitrogen and oxygen atoms in total. The Bertz CT molecular complexity index is 867. The number of hydrogen-bond acceptors (Lipinski definition) is 5. The number of hydrogen-bond donors (Lipinski definition) is 0. The quantitative estimate of drug-likeness (QED) is 0.562. The first-order chi connectivity index (χ1) is 14.9. The van der Waals surface area contributed by atoms with Gasteiger partial charge in [0.05, 0.1) is 12.8 Å². The lowest BCUT2D eigenvalue weighted by Gasteiger charge is -2.37. The normalized spacial score (nSPS) is 16.2. The van der Waals surface area contributed by atoms with Gasteiger partial charge >= 0.3 is 0 Å². The maximum atomic E-state index is 13.0. The summed E-state index contributed by atoms with van der Waals surface area (Å²) in [7, 11) is 3.69. The number of thioether (sulfide) groups is 1. The average molecular weight is 442 g/mol. The lowest BCUT2D eigenvalue weighted by molar-refractivity contribution is -0.136. The maximum absolute atomic E-state index is 13.0. The molecule has 0 bridgehead atoms. The second-order valence-electron chi connectivity index (χ2n) is 8.53. The van der Waals surface area contributed by atoms with Gasteiger partial charge in [-0.05, 0) is 38.8 Å². The third-order valence-corrected chi connectivity index (χ3v) is 7.51. The highest BCUT2D eigenvalue weighted by Crippen LogP contribution is 2.27. The van der Waals surface area contributed by atoms with E-state index < -0.39 is 0 Å². The zero-order valence-electron chi connectivity index (χ0n) is 19.4. The molecule has 3 rings (SSSR count). The Morgan fingerprint density at radius 3 is 2.58 bits per heavy atom. The standard InChI is InChI=1S/C25H35N3O2S/c1-18-15-26-23(20(3)24(18)30-5)16-28-13-11-21(12-14-28)27(4)25(29)19(2)17-31-22-9-7-6-8-10-22/h6-10,15,19,21H,11-14,16-17H2,1-5H3. The van der Waals surface area contributed by atoms with Gasteiger partial charge < -0.3 is 9.64 Å². The van der Waals surface area contributed by atoms with Crippen LogP contribution in [0, 0.1) is 19.8 Å². The largest absolute Gasteiger partial charge is 0.496 e. The number of amides is 1. The molecular weight excluding hydrogens is 406 g/mol. The van der Waals surface area contributed by atoms with Gasteiger partial charge in [-0.1, -0.05) is 25.1 Å². The molecule has 1 atom stereocenters. The summed E-state index contributed by atoms with van der Waals surface area (Å²) in [5, 5.41) is 0. The molecule has 0 spiro atoms. The molecule has 1 aliphatic heterocycles. The number of carbonyl (C=O) groups excluding carboxylic acids is 1. The Labute approximate surface area is 191 Å². The van der Waals surface area contributed by atoms with Crippen LogP contribution in [-0.2, 0) is 11.3 Å². The predicted molar refractivity (Wildman–Crippen MR) is 128 cm³/mol. The van der Waals surface area contributed by atoms with Gasteiger partial charge in [-0.2, -0.15) is 0 Å². The number of methoxy groups -OCH3 is 1. The van der Waals surface area contributed by atoms with E-state index in [1.807, 2.05) is 50.2 Å². The van der Waals surface area contributed by atoms with Crippen molar-refractivity contribution in [2.45, 2.75) is 51.1 Å². The van der Waals surface area contributed by atoms with Gasteiger partial charge in [-0.25, -0.2) is 0 Å². The molecule has 31 heavy (non-hydrogen) atoms. The summed E-state index contributed by atoms with van der Waals surface area (Å²) in [4.78, 5) is 23.2. The van der Waals surface area contributed by atoms with Crippen molar-refractivity contribution in [2.24, 2.45) is 5.92 Å². The van der Waals surface area contributed by atoms with Crippen molar-refractivity contribution in [1.82, 2.24) is 14.8 Å². The number of aryl methyl sites for hydroxylation is 1. The summed E-state index contributed by atoms with van der Waals surface area (Å²) in [5.41, 5.74) is 3.28. The number of pyridine rings is 1. The minimum absolute atomic E-state index is 0.0140. The SMILES string of the molecule is COc1c(C)cnc(CN2CCC(N(C)C(=O)C(C)CSc3ccccc3)CC2)c1C. The van der Waals surface area contributed by atoms with Crippen molar-refractivity contribution in [3.8, 4) is 5.75 Å². The van der Waals surface area contributed by atoms with E-state index >= 15 is 0 Å². The maximum Gasteiger partial charge on any atom is 0.226 e. The van der Waals surface area contributed by atoms with Crippen LogP contribution in [0.25, 0.3) is 0 Å². The highest BCUT2D eigenvalue weighted by molar-refractivity contribution is 7.99. The Balaban J connectivity index is 1.49. The number of nitrogens with zero attached hydrogens (tertiary/aromatic N) is 3. The third kappa shape index (κ3) is 6.01. The fourth-order valence-electron chi connectivity index (χ4n) is 4.24. The monoisotopic (exact) mass is 441 g/mol. The molecule has 6 heteroatoms. The number of rotatable bonds is 8. The van der Waals surface area contributed by atoms with Crippen LogP contribution in [0.15, 0.2) is 41.4 Å². The van der Waals surface area contributed by atoms with Crippen LogP contribution in [0.1, 0.15) is 36.6 Å². The topological polar surface area (TPSA) is 45.7 Å². The second kappa shape index (κ2) is 11.0. The Kier molecular flexibility index (Phi) is 8.38. The number of aromatic nitrogens is 1. The van der Waals surface area contributed by atoms with E-state index in [0.29, 0.717) is 6.04 Å². The summed E-state index contributed by atoms with van der Waals surface area (Å²) in [6.45, 7) is 8.95. The average Bonchev–Trinajstić information content (AvgIpc) is 2.80. The van der Waals surface area contributed by atoms with Crippen molar-refractivity contribution >= 4 is 17.7 Å². The molecule has 1 saturated heterocycles. The first-order valence-corrected chi connectivity index (χ1v) is 12.0. The van der Waals surface area contributed by atoms with E-state index in [1.165, 1.54) is 4.90 Å². The minimum Gasteiger partial charge on any atom is -0.496 e. The number of carbonyl (C=O) groups is 1. The van der Waals surface area contributed by atoms with Crippen LogP contribution in [-0.4, -0.2) is 59.7 Å². The molecule has 1 aromatic carbocycles. The highest BCUT2D eigenvalue weighted by Gasteiger charge is 2.28. The molecule has 1 unspecified atom stereocenters. The van der Waals surface area contributed by atoms with Crippen molar-refractivity contribution in [3.05, 3.63) is 53.3 Å². The predicted octanol–water partition coefficient (Wildman–Crippen LogP) is 4.56. The van der Waals surface area contributed by atoms with Gasteiger partial charge in [0.25, 0.3) is 0 Å². The molecule has 0 radical (unpaired) electrons. The van der Waals surface area contributed by atoms with E-state index in [9.17, 15) is 4.79 Å². The Hall–Kier alpha value is -2.05. The van der Waals surface area contributed by atoms with Crippen LogP contribution >= 0.6 is 11.8 Å². The van der Waals surface area contributed by atoms with Gasteiger partial charge in [-0.15, -0.1) is 11.8 Å². The van der Waals surface area contributed by atoms with Gasteiger partial charge in [0.2, 0.25) is 5.91 Å². The molecule has 2 aromatic rings. The Morgan fingerprint density at radius 2 is 1.94 bits per heavy atom. The number of benzene rings is 1. The molecule has 1 amide bonds. The summed E-state index contributed by atoms with van der Waals surface area (Å²) in [6.07, 6.45) is 3.90. The van der Waals surface area contributed by atoms with Crippen molar-refractivity contribution < 1.29 is 9.53 Å². The third-order valence-electron chi connectivity index (χ3n) is 6.24. The first kappa shape index (κ1) is 23.6. The molecule has 1 aromatic heterocycles. The van der Waals surface area contributed by atoms with Gasteiger partial charge in [-0.3, -0.25) is 14.7 Å². The highest BCUT2D eigenvalue weighted by atomic mass is 32.2. The van der Waals surface area contributed by atoms with E-state index in [2.05, 4.69) is 28.9 Å². The second-order valence-corrected chi connectivity index (χ2v) is 9.62. The smallest absolute Gasteiger partial charge is 0.226 e. The van der Waals surface area contributed by atoms with Crippen molar-refractivity contribution in [1.29, 1.82) is 0 Å². The lowest BCUT2D eigenvalue weighted by atomic mass is 10.0. The summed E-state index contributed by atoms with van der Waals surface area (Å²) >= 11 is 1.75. The summed E-state index contributed by atoms with van der Waals surface area (Å²) in [5.74, 6) is 2.02. The van der Waals surface area contributed by atoms with E-state index in [-0.39, 0.29) is 11.8 Å². The molecule has 168 valence electrons. The van der Waals surface area contributed by atoms with E-state index in [1.54, 1.807) is 18.9 Å².